The molecule has 0 aliphatic heterocycles. The summed E-state index contributed by atoms with van der Waals surface area (Å²) in [5.41, 5.74) is 0. The smallest absolute Gasteiger partial charge is 0.462 e. The Morgan fingerprint density at radius 3 is 0.745 bits per heavy atom. The van der Waals surface area contributed by atoms with Crippen LogP contribution in [-0.4, -0.2) is 96.7 Å². The standard InChI is InChI=1S/C83H162O17P2/c1-8-10-11-12-13-14-15-16-17-18-19-25-30-35-43-50-57-64-80(85)93-70-78(99-82(87)66-59-52-45-36-31-26-21-20-23-28-33-40-47-54-61-74(3)4)72-97-101(89,90)95-68-77(84)69-96-102(91,92)98-73-79(71-94-81(86)65-58-51-44-39-38-42-49-56-63-76(7)9-2)100-83(88)67-60-53-46-37-32-27-22-24-29-34-41-48-55-62-75(5)6/h74-79,84H,8-73H2,1-7H3,(H,89,90)(H,91,92)/t76?,77-,78-,79-/m1/s1. The molecule has 0 amide bonds. The summed E-state index contributed by atoms with van der Waals surface area (Å²) < 4.78 is 68.8. The number of carbonyl (C=O) groups is 4. The zero-order valence-electron chi connectivity index (χ0n) is 67.1. The van der Waals surface area contributed by atoms with Gasteiger partial charge < -0.3 is 33.8 Å². The number of hydrogen-bond acceptors (Lipinski definition) is 15. The van der Waals surface area contributed by atoms with Crippen molar-refractivity contribution in [3.8, 4) is 0 Å². The van der Waals surface area contributed by atoms with Gasteiger partial charge in [-0.05, 0) is 43.4 Å². The van der Waals surface area contributed by atoms with Crippen LogP contribution in [-0.2, 0) is 65.4 Å². The van der Waals surface area contributed by atoms with Crippen molar-refractivity contribution in [3.05, 3.63) is 0 Å². The van der Waals surface area contributed by atoms with Gasteiger partial charge in [-0.15, -0.1) is 0 Å². The van der Waals surface area contributed by atoms with Crippen molar-refractivity contribution in [1.29, 1.82) is 0 Å². The van der Waals surface area contributed by atoms with Gasteiger partial charge in [0, 0.05) is 25.7 Å². The number of phosphoric acid groups is 2. The summed E-state index contributed by atoms with van der Waals surface area (Å²) in [6, 6.07) is 0. The normalized spacial score (nSPS) is 14.2. The van der Waals surface area contributed by atoms with E-state index in [1.807, 2.05) is 0 Å². The Hall–Kier alpha value is -1.94. The van der Waals surface area contributed by atoms with E-state index >= 15 is 0 Å². The van der Waals surface area contributed by atoms with Gasteiger partial charge in [0.05, 0.1) is 26.4 Å². The number of phosphoric ester groups is 2. The third kappa shape index (κ3) is 74.9. The zero-order chi connectivity index (χ0) is 75.1. The lowest BCUT2D eigenvalue weighted by atomic mass is 9.99. The summed E-state index contributed by atoms with van der Waals surface area (Å²) in [5, 5.41) is 10.7. The molecule has 0 aromatic carbocycles. The number of esters is 4. The first-order valence-electron chi connectivity index (χ1n) is 42.9. The third-order valence-electron chi connectivity index (χ3n) is 19.7. The summed E-state index contributed by atoms with van der Waals surface area (Å²) in [6.45, 7) is 12.0. The number of rotatable bonds is 81. The number of unbranched alkanes of at least 4 members (excludes halogenated alkanes) is 48. The number of hydrogen-bond donors (Lipinski definition) is 3. The van der Waals surface area contributed by atoms with E-state index in [-0.39, 0.29) is 25.7 Å². The first kappa shape index (κ1) is 100. The Labute approximate surface area is 626 Å². The Morgan fingerprint density at radius 2 is 0.500 bits per heavy atom. The summed E-state index contributed by atoms with van der Waals surface area (Å²) >= 11 is 0. The Balaban J connectivity index is 5.27. The zero-order valence-corrected chi connectivity index (χ0v) is 68.9. The number of ether oxygens (including phenoxy) is 4. The van der Waals surface area contributed by atoms with E-state index in [2.05, 4.69) is 48.5 Å². The van der Waals surface area contributed by atoms with Crippen LogP contribution < -0.4 is 0 Å². The molecule has 102 heavy (non-hydrogen) atoms. The van der Waals surface area contributed by atoms with Gasteiger partial charge in [-0.25, -0.2) is 9.13 Å². The van der Waals surface area contributed by atoms with Crippen LogP contribution in [0.25, 0.3) is 0 Å². The van der Waals surface area contributed by atoms with E-state index in [4.69, 9.17) is 37.0 Å². The third-order valence-corrected chi connectivity index (χ3v) is 21.6. The molecule has 606 valence electrons. The molecule has 3 unspecified atom stereocenters. The largest absolute Gasteiger partial charge is 0.472 e. The molecule has 0 saturated heterocycles. The van der Waals surface area contributed by atoms with E-state index in [0.29, 0.717) is 25.7 Å². The highest BCUT2D eigenvalue weighted by molar-refractivity contribution is 7.47. The predicted octanol–water partition coefficient (Wildman–Crippen LogP) is 24.9. The maximum absolute atomic E-state index is 13.1. The average molecular weight is 1490 g/mol. The SMILES string of the molecule is CCCCCCCCCCCCCCCCCCCC(=O)OC[C@H](COP(=O)(O)OC[C@@H](O)COP(=O)(O)OC[C@@H](COC(=O)CCCCCCCCCCC(C)CC)OC(=O)CCCCCCCCCCCCCCCC(C)C)OC(=O)CCCCCCCCCCCCCCCCC(C)C. The Bertz CT molecular complexity index is 1980. The summed E-state index contributed by atoms with van der Waals surface area (Å²) in [5.74, 6) is 0.252. The van der Waals surface area contributed by atoms with Gasteiger partial charge >= 0.3 is 39.5 Å². The average Bonchev–Trinajstić information content (AvgIpc) is 0.916. The predicted molar refractivity (Wildman–Crippen MR) is 418 cm³/mol. The minimum absolute atomic E-state index is 0.107. The topological polar surface area (TPSA) is 237 Å². The lowest BCUT2D eigenvalue weighted by molar-refractivity contribution is -0.161. The maximum Gasteiger partial charge on any atom is 0.472 e. The second-order valence-corrected chi connectivity index (χ2v) is 34.0. The minimum atomic E-state index is -4.96. The number of carbonyl (C=O) groups excluding carboxylic acids is 4. The summed E-state index contributed by atoms with van der Waals surface area (Å²) in [4.78, 5) is 73.2. The van der Waals surface area contributed by atoms with Crippen LogP contribution in [0.5, 0.6) is 0 Å². The molecule has 0 aliphatic carbocycles. The molecule has 0 bridgehead atoms. The Kier molecular flexibility index (Phi) is 71.8. The fourth-order valence-electron chi connectivity index (χ4n) is 12.8. The molecule has 0 fully saturated rings. The van der Waals surface area contributed by atoms with Crippen molar-refractivity contribution in [3.63, 3.8) is 0 Å². The van der Waals surface area contributed by atoms with E-state index in [1.54, 1.807) is 0 Å². The molecule has 0 aliphatic rings. The lowest BCUT2D eigenvalue weighted by Crippen LogP contribution is -2.30. The van der Waals surface area contributed by atoms with Crippen LogP contribution in [0, 0.1) is 17.8 Å². The first-order valence-corrected chi connectivity index (χ1v) is 45.9. The molecule has 0 heterocycles. The fourth-order valence-corrected chi connectivity index (χ4v) is 14.4. The minimum Gasteiger partial charge on any atom is -0.462 e. The molecule has 0 aromatic rings. The van der Waals surface area contributed by atoms with Crippen LogP contribution in [0.3, 0.4) is 0 Å². The molecule has 0 rings (SSSR count). The maximum atomic E-state index is 13.1. The van der Waals surface area contributed by atoms with Gasteiger partial charge in [0.25, 0.3) is 0 Å². The lowest BCUT2D eigenvalue weighted by Gasteiger charge is -2.21. The van der Waals surface area contributed by atoms with E-state index < -0.39 is 97.5 Å². The van der Waals surface area contributed by atoms with Crippen LogP contribution in [0.2, 0.25) is 0 Å². The number of aliphatic hydroxyl groups is 1. The van der Waals surface area contributed by atoms with E-state index in [1.165, 1.54) is 244 Å². The molecule has 0 spiro atoms. The van der Waals surface area contributed by atoms with Crippen LogP contribution in [0.15, 0.2) is 0 Å². The second-order valence-electron chi connectivity index (χ2n) is 31.1. The molecule has 17 nitrogen and oxygen atoms in total. The summed E-state index contributed by atoms with van der Waals surface area (Å²) in [7, 11) is -9.93. The summed E-state index contributed by atoms with van der Waals surface area (Å²) in [6.07, 6.45) is 62.3. The van der Waals surface area contributed by atoms with Crippen molar-refractivity contribution in [1.82, 2.24) is 0 Å². The van der Waals surface area contributed by atoms with Crippen molar-refractivity contribution < 1.29 is 80.2 Å². The molecule has 19 heteroatoms. The molecule has 0 radical (unpaired) electrons. The van der Waals surface area contributed by atoms with E-state index in [9.17, 15) is 43.2 Å². The van der Waals surface area contributed by atoms with Gasteiger partial charge in [0.2, 0.25) is 0 Å². The van der Waals surface area contributed by atoms with Gasteiger partial charge in [-0.3, -0.25) is 37.3 Å². The Morgan fingerprint density at radius 1 is 0.284 bits per heavy atom. The van der Waals surface area contributed by atoms with Crippen LogP contribution >= 0.6 is 15.6 Å². The molecule has 0 saturated carbocycles. The fraction of sp³-hybridized carbons (Fsp3) is 0.952. The molecule has 0 aromatic heterocycles. The number of aliphatic hydroxyl groups excluding tert-OH is 1. The first-order chi connectivity index (χ1) is 49.3. The molecular formula is C83H162O17P2. The quantitative estimate of drug-likeness (QED) is 0.0222. The second kappa shape index (κ2) is 73.2. The molecular weight excluding hydrogens is 1330 g/mol. The highest BCUT2D eigenvalue weighted by atomic mass is 31.2. The van der Waals surface area contributed by atoms with E-state index in [0.717, 1.165) is 108 Å². The van der Waals surface area contributed by atoms with Gasteiger partial charge in [0.1, 0.15) is 19.3 Å². The highest BCUT2D eigenvalue weighted by Gasteiger charge is 2.30. The van der Waals surface area contributed by atoms with Crippen molar-refractivity contribution in [2.75, 3.05) is 39.6 Å². The van der Waals surface area contributed by atoms with Crippen molar-refractivity contribution >= 4 is 39.5 Å². The van der Waals surface area contributed by atoms with Crippen LogP contribution in [0.1, 0.15) is 434 Å². The van der Waals surface area contributed by atoms with Crippen molar-refractivity contribution in [2.24, 2.45) is 17.8 Å². The van der Waals surface area contributed by atoms with Gasteiger partial charge in [-0.2, -0.15) is 0 Å². The highest BCUT2D eigenvalue weighted by Crippen LogP contribution is 2.45. The monoisotopic (exact) mass is 1490 g/mol. The molecule has 6 atom stereocenters. The van der Waals surface area contributed by atoms with Gasteiger partial charge in [0.15, 0.2) is 12.2 Å². The molecule has 3 N–H and O–H groups in total. The van der Waals surface area contributed by atoms with Gasteiger partial charge in [-0.1, -0.05) is 382 Å². The van der Waals surface area contributed by atoms with Crippen LogP contribution in [0.4, 0.5) is 0 Å². The van der Waals surface area contributed by atoms with Crippen molar-refractivity contribution in [2.45, 2.75) is 452 Å².